The Kier molecular flexibility index (Phi) is 7.33. The average molecular weight is 486 g/mol. The highest BCUT2D eigenvalue weighted by molar-refractivity contribution is 6.74. The highest BCUT2D eigenvalue weighted by Crippen LogP contribution is 2.41. The summed E-state index contributed by atoms with van der Waals surface area (Å²) in [5.74, 6) is 1.32. The molecular weight excluding hydrogens is 446 g/mol. The molecule has 1 heterocycles. The number of aliphatic hydroxyl groups is 1. The van der Waals surface area contributed by atoms with Gasteiger partial charge in [0.25, 0.3) is 0 Å². The average Bonchev–Trinajstić information content (AvgIpc) is 3.33. The summed E-state index contributed by atoms with van der Waals surface area (Å²) in [5, 5.41) is 13.6. The fraction of sp³-hybridized carbons (Fsp3) is 0.615. The monoisotopic (exact) mass is 485 g/mol. The van der Waals surface area contributed by atoms with E-state index in [1.54, 1.807) is 7.11 Å². The molecule has 5 atom stereocenters. The molecular formula is C26H39N3O4Si. The molecule has 186 valence electrons. The number of fused-ring (bicyclic) bond motifs is 1. The van der Waals surface area contributed by atoms with E-state index in [9.17, 15) is 5.11 Å². The molecule has 8 heteroatoms. The Morgan fingerprint density at radius 1 is 1.12 bits per heavy atom. The van der Waals surface area contributed by atoms with Crippen LogP contribution >= 0.6 is 0 Å². The second-order valence-electron chi connectivity index (χ2n) is 11.1. The summed E-state index contributed by atoms with van der Waals surface area (Å²) in [7, 11) is -0.183. The van der Waals surface area contributed by atoms with E-state index in [2.05, 4.69) is 73.4 Å². The minimum Gasteiger partial charge on any atom is -0.474 e. The molecule has 2 aromatic rings. The van der Waals surface area contributed by atoms with Crippen molar-refractivity contribution in [1.82, 2.24) is 9.97 Å². The maximum atomic E-state index is 9.98. The van der Waals surface area contributed by atoms with Crippen molar-refractivity contribution in [1.29, 1.82) is 0 Å². The van der Waals surface area contributed by atoms with Gasteiger partial charge in [-0.3, -0.25) is 0 Å². The zero-order valence-electron chi connectivity index (χ0n) is 21.2. The van der Waals surface area contributed by atoms with Crippen LogP contribution in [-0.4, -0.2) is 55.4 Å². The third kappa shape index (κ3) is 5.30. The first-order valence-electron chi connectivity index (χ1n) is 12.3. The first-order valence-corrected chi connectivity index (χ1v) is 15.2. The van der Waals surface area contributed by atoms with E-state index in [1.807, 2.05) is 6.07 Å². The van der Waals surface area contributed by atoms with Crippen molar-refractivity contribution in [3.05, 3.63) is 47.8 Å². The van der Waals surface area contributed by atoms with Gasteiger partial charge in [0.2, 0.25) is 5.88 Å². The number of anilines is 1. The van der Waals surface area contributed by atoms with Gasteiger partial charge in [-0.2, -0.15) is 0 Å². The van der Waals surface area contributed by atoms with Gasteiger partial charge in [-0.1, -0.05) is 45.0 Å². The SMILES string of the molecule is CO[C@H]1Cc2ccccc2[C@H]1Nc1cc(O[C@@H]2C[C@@H](CO)[C@@H](O[Si](C)(C)C(C)(C)C)C2)ncn1. The van der Waals surface area contributed by atoms with Crippen LogP contribution in [0.15, 0.2) is 36.7 Å². The fourth-order valence-electron chi connectivity index (χ4n) is 4.79. The number of ether oxygens (including phenoxy) is 2. The Morgan fingerprint density at radius 2 is 1.88 bits per heavy atom. The summed E-state index contributed by atoms with van der Waals surface area (Å²) >= 11 is 0. The van der Waals surface area contributed by atoms with Crippen molar-refractivity contribution in [3.8, 4) is 5.88 Å². The van der Waals surface area contributed by atoms with E-state index in [0.717, 1.165) is 19.3 Å². The number of hydrogen-bond donors (Lipinski definition) is 2. The number of aromatic nitrogens is 2. The van der Waals surface area contributed by atoms with Crippen molar-refractivity contribution >= 4 is 14.1 Å². The summed E-state index contributed by atoms with van der Waals surface area (Å²) < 4.78 is 18.7. The topological polar surface area (TPSA) is 85.7 Å². The van der Waals surface area contributed by atoms with Gasteiger partial charge >= 0.3 is 0 Å². The van der Waals surface area contributed by atoms with Crippen molar-refractivity contribution in [2.45, 2.75) is 82.5 Å². The van der Waals surface area contributed by atoms with Crippen LogP contribution in [0.25, 0.3) is 0 Å². The van der Waals surface area contributed by atoms with Crippen LogP contribution in [0.1, 0.15) is 50.8 Å². The molecule has 2 aliphatic rings. The molecule has 34 heavy (non-hydrogen) atoms. The Bertz CT molecular complexity index is 981. The Hall–Kier alpha value is -2.00. The predicted molar refractivity (Wildman–Crippen MR) is 136 cm³/mol. The smallest absolute Gasteiger partial charge is 0.218 e. The van der Waals surface area contributed by atoms with Gasteiger partial charge in [0, 0.05) is 38.5 Å². The highest BCUT2D eigenvalue weighted by Gasteiger charge is 2.44. The molecule has 7 nitrogen and oxygen atoms in total. The summed E-state index contributed by atoms with van der Waals surface area (Å²) in [6, 6.07) is 10.3. The lowest BCUT2D eigenvalue weighted by Crippen LogP contribution is -2.45. The molecule has 2 N–H and O–H groups in total. The van der Waals surface area contributed by atoms with Crippen molar-refractivity contribution in [2.24, 2.45) is 5.92 Å². The van der Waals surface area contributed by atoms with Gasteiger partial charge in [0.1, 0.15) is 18.2 Å². The van der Waals surface area contributed by atoms with E-state index in [0.29, 0.717) is 11.7 Å². The van der Waals surface area contributed by atoms with Crippen LogP contribution in [0.3, 0.4) is 0 Å². The lowest BCUT2D eigenvalue weighted by atomic mass is 10.1. The standard InChI is InChI=1S/C26H39N3O4Si/c1-26(2,3)34(5,6)33-21-13-19(11-18(21)15-30)32-24-14-23(27-16-28-24)29-25-20-10-8-7-9-17(20)12-22(25)31-4/h7-10,14,16,18-19,21-22,25,30H,11-13,15H2,1-6H3,(H,27,28,29)/t18-,19+,21-,22-,25+/m0/s1. The van der Waals surface area contributed by atoms with Crippen LogP contribution < -0.4 is 10.1 Å². The lowest BCUT2D eigenvalue weighted by Gasteiger charge is -2.39. The molecule has 2 aliphatic carbocycles. The Balaban J connectivity index is 1.43. The van der Waals surface area contributed by atoms with Gasteiger partial charge in [0.15, 0.2) is 8.32 Å². The summed E-state index contributed by atoms with van der Waals surface area (Å²) in [4.78, 5) is 8.78. The largest absolute Gasteiger partial charge is 0.474 e. The van der Waals surface area contributed by atoms with Crippen molar-refractivity contribution in [3.63, 3.8) is 0 Å². The van der Waals surface area contributed by atoms with Gasteiger partial charge in [-0.15, -0.1) is 0 Å². The van der Waals surface area contributed by atoms with Gasteiger partial charge in [-0.25, -0.2) is 9.97 Å². The zero-order valence-corrected chi connectivity index (χ0v) is 22.2. The Labute approximate surface area is 204 Å². The molecule has 1 aromatic heterocycles. The van der Waals surface area contributed by atoms with Gasteiger partial charge < -0.3 is 24.3 Å². The van der Waals surface area contributed by atoms with E-state index < -0.39 is 8.32 Å². The molecule has 4 rings (SSSR count). The van der Waals surface area contributed by atoms with Crippen LogP contribution in [0.2, 0.25) is 18.1 Å². The van der Waals surface area contributed by atoms with Crippen molar-refractivity contribution in [2.75, 3.05) is 19.0 Å². The molecule has 1 aromatic carbocycles. The van der Waals surface area contributed by atoms with Crippen molar-refractivity contribution < 1.29 is 19.0 Å². The number of hydrogen-bond acceptors (Lipinski definition) is 7. The number of benzene rings is 1. The van der Waals surface area contributed by atoms with E-state index in [1.165, 1.54) is 17.5 Å². The minimum atomic E-state index is -1.93. The third-order valence-corrected chi connectivity index (χ3v) is 12.3. The Morgan fingerprint density at radius 3 is 2.59 bits per heavy atom. The third-order valence-electron chi connectivity index (χ3n) is 7.79. The molecule has 1 saturated carbocycles. The lowest BCUT2D eigenvalue weighted by molar-refractivity contribution is 0.0958. The molecule has 0 saturated heterocycles. The van der Waals surface area contributed by atoms with Gasteiger partial charge in [0.05, 0.1) is 18.2 Å². The number of nitrogens with one attached hydrogen (secondary N) is 1. The maximum Gasteiger partial charge on any atom is 0.218 e. The second kappa shape index (κ2) is 9.93. The molecule has 0 spiro atoms. The number of methoxy groups -OCH3 is 1. The molecule has 0 unspecified atom stereocenters. The molecule has 0 amide bonds. The summed E-state index contributed by atoms with van der Waals surface area (Å²) in [6.07, 6.45) is 3.92. The van der Waals surface area contributed by atoms with Crippen LogP contribution in [0.5, 0.6) is 5.88 Å². The maximum absolute atomic E-state index is 9.98. The highest BCUT2D eigenvalue weighted by atomic mass is 28.4. The van der Waals surface area contributed by atoms with Crippen LogP contribution in [-0.2, 0) is 15.6 Å². The normalized spacial score (nSPS) is 27.0. The van der Waals surface area contributed by atoms with E-state index in [-0.39, 0.29) is 41.9 Å². The fourth-order valence-corrected chi connectivity index (χ4v) is 6.19. The molecule has 1 fully saturated rings. The number of rotatable bonds is 8. The van der Waals surface area contributed by atoms with E-state index >= 15 is 0 Å². The van der Waals surface area contributed by atoms with E-state index in [4.69, 9.17) is 13.9 Å². The summed E-state index contributed by atoms with van der Waals surface area (Å²) in [5.41, 5.74) is 2.54. The van der Waals surface area contributed by atoms with Crippen LogP contribution in [0.4, 0.5) is 5.82 Å². The molecule has 0 bridgehead atoms. The predicted octanol–water partition coefficient (Wildman–Crippen LogP) is 4.74. The quantitative estimate of drug-likeness (QED) is 0.522. The number of aliphatic hydroxyl groups excluding tert-OH is 1. The zero-order chi connectivity index (χ0) is 24.5. The first kappa shape index (κ1) is 25.1. The van der Waals surface area contributed by atoms with Gasteiger partial charge in [-0.05, 0) is 35.7 Å². The number of nitrogens with zero attached hydrogens (tertiary/aromatic N) is 2. The summed E-state index contributed by atoms with van der Waals surface area (Å²) in [6.45, 7) is 11.3. The second-order valence-corrected chi connectivity index (χ2v) is 15.9. The molecule has 0 aliphatic heterocycles. The minimum absolute atomic E-state index is 0.00720. The molecule has 0 radical (unpaired) electrons. The first-order chi connectivity index (χ1) is 16.1. The van der Waals surface area contributed by atoms with Crippen LogP contribution in [0, 0.1) is 5.92 Å².